The average Bonchev–Trinajstić information content (AvgIpc) is 2.11. The molecule has 0 atom stereocenters. The van der Waals surface area contributed by atoms with E-state index in [9.17, 15) is 0 Å². The Hall–Kier alpha value is -10.9. The monoisotopic (exact) mass is 1050 g/mol. The van der Waals surface area contributed by atoms with E-state index in [0.29, 0.717) is 0 Å². The second kappa shape index (κ2) is 17.8. The molecule has 83 heavy (non-hydrogen) atoms. The van der Waals surface area contributed by atoms with E-state index >= 15 is 0 Å². The molecule has 0 saturated heterocycles. The molecule has 0 radical (unpaired) electrons. The first kappa shape index (κ1) is 45.9. The van der Waals surface area contributed by atoms with Crippen molar-refractivity contribution in [1.29, 1.82) is 0 Å². The Kier molecular flexibility index (Phi) is 9.87. The Balaban J connectivity index is 0.854. The van der Waals surface area contributed by atoms with Crippen LogP contribution in [-0.2, 0) is 0 Å². The third kappa shape index (κ3) is 6.59. The molecule has 0 N–H and O–H groups in total. The summed E-state index contributed by atoms with van der Waals surface area (Å²) in [6.45, 7) is 0. The molecule has 0 spiro atoms. The normalized spacial score (nSPS) is 12.1. The van der Waals surface area contributed by atoms with Crippen molar-refractivity contribution < 1.29 is 0 Å². The summed E-state index contributed by atoms with van der Waals surface area (Å²) in [5.41, 5.74) is 28.9. The largest absolute Gasteiger partial charge is 0.309 e. The Morgan fingerprint density at radius 3 is 0.807 bits per heavy atom. The van der Waals surface area contributed by atoms with Crippen LogP contribution in [-0.4, -0.2) is 4.57 Å². The molecule has 1 heteroatoms. The fourth-order valence-electron chi connectivity index (χ4n) is 14.9. The van der Waals surface area contributed by atoms with Crippen molar-refractivity contribution in [2.24, 2.45) is 0 Å². The highest BCUT2D eigenvalue weighted by molar-refractivity contribution is 6.31. The lowest BCUT2D eigenvalue weighted by Gasteiger charge is -2.20. The van der Waals surface area contributed by atoms with Gasteiger partial charge in [0, 0.05) is 16.5 Å². The lowest BCUT2D eigenvalue weighted by molar-refractivity contribution is 1.18. The molecule has 0 bridgehead atoms. The summed E-state index contributed by atoms with van der Waals surface area (Å²) in [5, 5.41) is 12.7. The lowest BCUT2D eigenvalue weighted by atomic mass is 9.82. The van der Waals surface area contributed by atoms with Crippen molar-refractivity contribution in [1.82, 2.24) is 4.57 Å². The first-order valence-electron chi connectivity index (χ1n) is 28.9. The highest BCUT2D eigenvalue weighted by Crippen LogP contribution is 2.61. The van der Waals surface area contributed by atoms with Gasteiger partial charge in [-0.25, -0.2) is 0 Å². The van der Waals surface area contributed by atoms with Crippen molar-refractivity contribution in [3.8, 4) is 117 Å². The predicted molar refractivity (Wildman–Crippen MR) is 352 cm³/mol. The fourth-order valence-corrected chi connectivity index (χ4v) is 14.9. The molecular weight excluding hydrogens is 999 g/mol. The summed E-state index contributed by atoms with van der Waals surface area (Å²) < 4.78 is 2.45. The van der Waals surface area contributed by atoms with Gasteiger partial charge in [-0.1, -0.05) is 261 Å². The molecule has 2 aliphatic rings. The van der Waals surface area contributed by atoms with E-state index in [0.717, 1.165) is 5.69 Å². The number of fused-ring (bicyclic) bond motifs is 11. The SMILES string of the molecule is c1ccc(-c2c3c(c(-c4ccccc4)c4ccccc24)-c2ccc(-c4ccc5c(c4)c4cc(-c6ccc7c8c(cccc68)-c6c-7c(-c7ccccc7)c7ccccc7c6-c6ccccc6)ccc4n5-c4ccccc4)c4cccc-3c24)cc1. The minimum Gasteiger partial charge on any atom is -0.309 e. The summed E-state index contributed by atoms with van der Waals surface area (Å²) >= 11 is 0. The predicted octanol–water partition coefficient (Wildman–Crippen LogP) is 22.7. The number of benzene rings is 15. The highest BCUT2D eigenvalue weighted by atomic mass is 15.0. The van der Waals surface area contributed by atoms with E-state index in [1.54, 1.807) is 0 Å². The second-order valence-electron chi connectivity index (χ2n) is 22.5. The first-order valence-corrected chi connectivity index (χ1v) is 28.9. The molecule has 382 valence electrons. The van der Waals surface area contributed by atoms with Gasteiger partial charge in [-0.05, 0) is 191 Å². The third-order valence-corrected chi connectivity index (χ3v) is 18.2. The van der Waals surface area contributed by atoms with Crippen molar-refractivity contribution >= 4 is 64.9 Å². The number of para-hydroxylation sites is 1. The van der Waals surface area contributed by atoms with Crippen LogP contribution in [0.4, 0.5) is 0 Å². The lowest BCUT2D eigenvalue weighted by Crippen LogP contribution is -1.93. The van der Waals surface area contributed by atoms with Crippen molar-refractivity contribution in [3.63, 3.8) is 0 Å². The van der Waals surface area contributed by atoms with Gasteiger partial charge in [-0.2, -0.15) is 0 Å². The number of nitrogens with zero attached hydrogens (tertiary/aromatic N) is 1. The summed E-state index contributed by atoms with van der Waals surface area (Å²) in [4.78, 5) is 0. The topological polar surface area (TPSA) is 4.93 Å². The molecule has 0 amide bonds. The standard InChI is InChI=1S/C82H49N/c1-6-22-50(23-7-1)73-61-32-16-18-34-63(61)75(52-26-10-3-11-27-52)81-67-44-42-57(59-36-20-38-65(77(59)67)79(73)81)54-40-46-71-69(48-54)70-49-55(41-47-72(70)83(71)56-30-14-5-15-31-56)58-43-45-68-78-60(58)37-21-39-66(78)80-74(51-24-8-2-9-25-51)62-33-17-19-35-64(62)76(82(68)80)53-28-12-4-13-29-53/h1-49H. The maximum absolute atomic E-state index is 2.47. The molecule has 0 saturated carbocycles. The van der Waals surface area contributed by atoms with Gasteiger partial charge in [0.25, 0.3) is 0 Å². The van der Waals surface area contributed by atoms with Crippen LogP contribution < -0.4 is 0 Å². The summed E-state index contributed by atoms with van der Waals surface area (Å²) in [7, 11) is 0. The maximum atomic E-state index is 2.47. The van der Waals surface area contributed by atoms with Gasteiger partial charge in [-0.3, -0.25) is 0 Å². The number of hydrogen-bond acceptors (Lipinski definition) is 0. The Morgan fingerprint density at radius 2 is 0.458 bits per heavy atom. The Bertz CT molecular complexity index is 4880. The highest BCUT2D eigenvalue weighted by Gasteiger charge is 2.33. The van der Waals surface area contributed by atoms with Crippen LogP contribution in [0.15, 0.2) is 297 Å². The average molecular weight is 1050 g/mol. The zero-order chi connectivity index (χ0) is 54.3. The van der Waals surface area contributed by atoms with Crippen molar-refractivity contribution in [2.45, 2.75) is 0 Å². The van der Waals surface area contributed by atoms with E-state index in [1.165, 1.54) is 176 Å². The maximum Gasteiger partial charge on any atom is 0.0541 e. The molecule has 1 nitrogen and oxygen atoms in total. The second-order valence-corrected chi connectivity index (χ2v) is 22.5. The van der Waals surface area contributed by atoms with Gasteiger partial charge in [0.15, 0.2) is 0 Å². The van der Waals surface area contributed by atoms with Gasteiger partial charge >= 0.3 is 0 Å². The molecule has 1 heterocycles. The molecule has 18 rings (SSSR count). The first-order chi connectivity index (χ1) is 41.2. The Labute approximate surface area is 480 Å². The molecule has 0 unspecified atom stereocenters. The number of aromatic nitrogens is 1. The molecule has 0 fully saturated rings. The zero-order valence-electron chi connectivity index (χ0n) is 45.2. The van der Waals surface area contributed by atoms with E-state index in [1.807, 2.05) is 0 Å². The Morgan fingerprint density at radius 1 is 0.169 bits per heavy atom. The summed E-state index contributed by atoms with van der Waals surface area (Å²) in [6, 6.07) is 111. The van der Waals surface area contributed by atoms with Gasteiger partial charge in [0.2, 0.25) is 0 Å². The minimum atomic E-state index is 1.14. The van der Waals surface area contributed by atoms with Gasteiger partial charge in [0.1, 0.15) is 0 Å². The molecular formula is C82H49N. The third-order valence-electron chi connectivity index (χ3n) is 18.2. The molecule has 16 aromatic rings. The van der Waals surface area contributed by atoms with E-state index in [4.69, 9.17) is 0 Å². The van der Waals surface area contributed by atoms with Crippen LogP contribution in [0.3, 0.4) is 0 Å². The van der Waals surface area contributed by atoms with Gasteiger partial charge in [-0.15, -0.1) is 0 Å². The van der Waals surface area contributed by atoms with Gasteiger partial charge in [0.05, 0.1) is 11.0 Å². The number of rotatable bonds is 7. The molecule has 0 aliphatic heterocycles. The molecule has 2 aliphatic carbocycles. The van der Waals surface area contributed by atoms with E-state index in [-0.39, 0.29) is 0 Å². The van der Waals surface area contributed by atoms with Crippen molar-refractivity contribution in [3.05, 3.63) is 297 Å². The quantitative estimate of drug-likeness (QED) is 0.150. The summed E-state index contributed by atoms with van der Waals surface area (Å²) in [6.07, 6.45) is 0. The molecule has 15 aromatic carbocycles. The van der Waals surface area contributed by atoms with E-state index in [2.05, 4.69) is 302 Å². The van der Waals surface area contributed by atoms with Gasteiger partial charge < -0.3 is 4.57 Å². The van der Waals surface area contributed by atoms with Crippen LogP contribution >= 0.6 is 0 Å². The zero-order valence-corrected chi connectivity index (χ0v) is 45.2. The van der Waals surface area contributed by atoms with Crippen LogP contribution in [0.2, 0.25) is 0 Å². The van der Waals surface area contributed by atoms with Crippen molar-refractivity contribution in [2.75, 3.05) is 0 Å². The van der Waals surface area contributed by atoms with Crippen LogP contribution in [0.1, 0.15) is 0 Å². The summed E-state index contributed by atoms with van der Waals surface area (Å²) in [5.74, 6) is 0. The van der Waals surface area contributed by atoms with Crippen LogP contribution in [0.5, 0.6) is 0 Å². The van der Waals surface area contributed by atoms with Crippen LogP contribution in [0, 0.1) is 0 Å². The number of hydrogen-bond donors (Lipinski definition) is 0. The van der Waals surface area contributed by atoms with E-state index < -0.39 is 0 Å². The molecule has 1 aromatic heterocycles. The fraction of sp³-hybridized carbons (Fsp3) is 0. The smallest absolute Gasteiger partial charge is 0.0541 e. The van der Waals surface area contributed by atoms with Crippen LogP contribution in [0.25, 0.3) is 182 Å². The minimum absolute atomic E-state index is 1.14.